The Balaban J connectivity index is 0.929. The maximum Gasteiger partial charge on any atom is 0.335 e. The van der Waals surface area contributed by atoms with Gasteiger partial charge in [-0.3, -0.25) is 0 Å². The number of nitrogens with zero attached hydrogens (tertiary/aromatic N) is 6. The van der Waals surface area contributed by atoms with Crippen LogP contribution in [0.3, 0.4) is 0 Å². The maximum absolute atomic E-state index is 11.5. The highest BCUT2D eigenvalue weighted by atomic mass is 16.5. The number of aromatic nitrogens is 6. The van der Waals surface area contributed by atoms with Crippen LogP contribution in [0.2, 0.25) is 0 Å². The molecular formula is C48H36N6O10. The monoisotopic (exact) mass is 856 g/mol. The smallest absolute Gasteiger partial charge is 0.335 e. The van der Waals surface area contributed by atoms with Crippen molar-refractivity contribution < 1.29 is 49.1 Å². The second-order valence-corrected chi connectivity index (χ2v) is 14.4. The molecule has 8 aromatic rings. The van der Waals surface area contributed by atoms with Gasteiger partial charge in [-0.25, -0.2) is 28.5 Å². The van der Waals surface area contributed by atoms with Crippen LogP contribution < -0.4 is 0 Å². The number of hydrogen-bond donors (Lipinski definition) is 4. The summed E-state index contributed by atoms with van der Waals surface area (Å²) in [5, 5.41) is 54.9. The molecule has 0 atom stereocenters. The molecule has 0 amide bonds. The summed E-state index contributed by atoms with van der Waals surface area (Å²) in [7, 11) is 0. The molecule has 0 radical (unpaired) electrons. The largest absolute Gasteiger partial charge is 0.478 e. The summed E-state index contributed by atoms with van der Waals surface area (Å²) in [4.78, 5) is 45.8. The van der Waals surface area contributed by atoms with Gasteiger partial charge in [0.25, 0.3) is 0 Å². The van der Waals surface area contributed by atoms with Crippen molar-refractivity contribution in [3.8, 4) is 55.9 Å². The van der Waals surface area contributed by atoms with E-state index in [1.165, 1.54) is 48.5 Å². The number of carboxylic acids is 4. The minimum absolute atomic E-state index is 0.129. The lowest BCUT2D eigenvalue weighted by Crippen LogP contribution is -2.05. The minimum atomic E-state index is -1.03. The molecule has 2 heterocycles. The summed E-state index contributed by atoms with van der Waals surface area (Å²) in [6.07, 6.45) is 3.46. The lowest BCUT2D eigenvalue weighted by Gasteiger charge is -2.13. The van der Waals surface area contributed by atoms with Crippen LogP contribution in [0, 0.1) is 0 Å². The van der Waals surface area contributed by atoms with Crippen LogP contribution in [0.15, 0.2) is 146 Å². The van der Waals surface area contributed by atoms with Gasteiger partial charge in [0.1, 0.15) is 11.4 Å². The Hall–Kier alpha value is -8.60. The number of carboxylic acid groups (broad SMARTS) is 4. The summed E-state index contributed by atoms with van der Waals surface area (Å²) in [5.41, 5.74) is 9.24. The van der Waals surface area contributed by atoms with E-state index >= 15 is 0 Å². The molecule has 0 aliphatic heterocycles. The molecule has 0 saturated heterocycles. The van der Waals surface area contributed by atoms with Crippen molar-refractivity contribution in [1.82, 2.24) is 30.0 Å². The predicted molar refractivity (Wildman–Crippen MR) is 232 cm³/mol. The van der Waals surface area contributed by atoms with Gasteiger partial charge in [-0.1, -0.05) is 83.2 Å². The van der Waals surface area contributed by atoms with Gasteiger partial charge >= 0.3 is 23.9 Å². The van der Waals surface area contributed by atoms with Gasteiger partial charge in [0.15, 0.2) is 0 Å². The molecule has 16 nitrogen and oxygen atoms in total. The Morgan fingerprint density at radius 1 is 0.406 bits per heavy atom. The molecule has 0 spiro atoms. The van der Waals surface area contributed by atoms with Crippen molar-refractivity contribution in [3.63, 3.8) is 0 Å². The molecule has 0 aliphatic rings. The van der Waals surface area contributed by atoms with E-state index in [1.54, 1.807) is 70.3 Å². The third kappa shape index (κ3) is 9.47. The fraction of sp³-hybridized carbons (Fsp3) is 0.0833. The molecule has 318 valence electrons. The quantitative estimate of drug-likeness (QED) is 0.0636. The van der Waals surface area contributed by atoms with Crippen LogP contribution in [0.25, 0.3) is 55.9 Å². The Morgan fingerprint density at radius 3 is 1.02 bits per heavy atom. The second-order valence-electron chi connectivity index (χ2n) is 14.4. The summed E-state index contributed by atoms with van der Waals surface area (Å²) < 4.78 is 14.9. The van der Waals surface area contributed by atoms with Gasteiger partial charge in [-0.2, -0.15) is 0 Å². The molecule has 6 aromatic carbocycles. The highest BCUT2D eigenvalue weighted by Crippen LogP contribution is 2.34. The molecule has 0 aliphatic carbocycles. The van der Waals surface area contributed by atoms with Gasteiger partial charge in [-0.05, 0) is 94.0 Å². The fourth-order valence-corrected chi connectivity index (χ4v) is 6.92. The van der Waals surface area contributed by atoms with Crippen molar-refractivity contribution >= 4 is 23.9 Å². The second kappa shape index (κ2) is 18.6. The van der Waals surface area contributed by atoms with Crippen LogP contribution >= 0.6 is 0 Å². The average Bonchev–Trinajstić information content (AvgIpc) is 4.00. The van der Waals surface area contributed by atoms with E-state index in [0.717, 1.165) is 44.5 Å². The van der Waals surface area contributed by atoms with Crippen LogP contribution in [-0.2, 0) is 22.7 Å². The predicted octanol–water partition coefficient (Wildman–Crippen LogP) is 8.04. The molecule has 16 heteroatoms. The highest BCUT2D eigenvalue weighted by molar-refractivity contribution is 5.91. The van der Waals surface area contributed by atoms with E-state index in [2.05, 4.69) is 20.6 Å². The Bertz CT molecular complexity index is 2790. The van der Waals surface area contributed by atoms with Gasteiger partial charge in [0.2, 0.25) is 0 Å². The molecule has 2 aromatic heterocycles. The van der Waals surface area contributed by atoms with E-state index in [-0.39, 0.29) is 48.7 Å². The first-order chi connectivity index (χ1) is 31.0. The fourth-order valence-electron chi connectivity index (χ4n) is 6.92. The lowest BCUT2D eigenvalue weighted by atomic mass is 9.97. The topological polar surface area (TPSA) is 229 Å². The SMILES string of the molecule is O=C(O)c1ccc(-c2ccc(-c3ccc(C(=O)O)cc3)c(-n3cc(COCCOCc4cn(-c5cc(-c6ccc(C(=O)O)cc6)ccc5-c5ccc(C(=O)O)cc5)nn4)nn3)c2)cc1. The van der Waals surface area contributed by atoms with E-state index in [4.69, 9.17) is 9.47 Å². The van der Waals surface area contributed by atoms with E-state index in [9.17, 15) is 39.6 Å². The molecule has 4 N–H and O–H groups in total. The first-order valence-corrected chi connectivity index (χ1v) is 19.6. The van der Waals surface area contributed by atoms with Crippen LogP contribution in [-0.4, -0.2) is 87.5 Å². The normalized spacial score (nSPS) is 11.1. The minimum Gasteiger partial charge on any atom is -0.478 e. The first-order valence-electron chi connectivity index (χ1n) is 19.6. The average molecular weight is 857 g/mol. The molecule has 0 unspecified atom stereocenters. The Kier molecular flexibility index (Phi) is 12.2. The van der Waals surface area contributed by atoms with Crippen LogP contribution in [0.1, 0.15) is 52.8 Å². The number of carbonyl (C=O) groups is 4. The Labute approximate surface area is 363 Å². The molecule has 8 rings (SSSR count). The van der Waals surface area contributed by atoms with Crippen LogP contribution in [0.4, 0.5) is 0 Å². The van der Waals surface area contributed by atoms with Crippen molar-refractivity contribution in [1.29, 1.82) is 0 Å². The molecule has 0 saturated carbocycles. The van der Waals surface area contributed by atoms with Crippen molar-refractivity contribution in [3.05, 3.63) is 179 Å². The number of rotatable bonds is 17. The molecule has 0 fully saturated rings. The number of benzene rings is 6. The van der Waals surface area contributed by atoms with Crippen molar-refractivity contribution in [2.45, 2.75) is 13.2 Å². The van der Waals surface area contributed by atoms with Crippen LogP contribution in [0.5, 0.6) is 0 Å². The zero-order valence-electron chi connectivity index (χ0n) is 33.6. The molecular weight excluding hydrogens is 821 g/mol. The zero-order valence-corrected chi connectivity index (χ0v) is 33.6. The summed E-state index contributed by atoms with van der Waals surface area (Å²) in [5.74, 6) is -4.11. The Morgan fingerprint density at radius 2 is 0.703 bits per heavy atom. The molecule has 64 heavy (non-hydrogen) atoms. The van der Waals surface area contributed by atoms with E-state index in [0.29, 0.717) is 22.8 Å². The number of ether oxygens (including phenoxy) is 2. The lowest BCUT2D eigenvalue weighted by molar-refractivity contribution is 0.0318. The number of aromatic carboxylic acids is 4. The third-order valence-corrected chi connectivity index (χ3v) is 10.3. The maximum atomic E-state index is 11.5. The zero-order chi connectivity index (χ0) is 44.7. The van der Waals surface area contributed by atoms with Gasteiger partial charge in [0, 0.05) is 11.1 Å². The summed E-state index contributed by atoms with van der Waals surface area (Å²) >= 11 is 0. The summed E-state index contributed by atoms with van der Waals surface area (Å²) in [6, 6.07) is 37.4. The van der Waals surface area contributed by atoms with Gasteiger partial charge in [-0.15, -0.1) is 10.2 Å². The summed E-state index contributed by atoms with van der Waals surface area (Å²) in [6.45, 7) is 0.709. The number of hydrogen-bond acceptors (Lipinski definition) is 10. The van der Waals surface area contributed by atoms with Crippen molar-refractivity contribution in [2.24, 2.45) is 0 Å². The van der Waals surface area contributed by atoms with Gasteiger partial charge < -0.3 is 29.9 Å². The van der Waals surface area contributed by atoms with Gasteiger partial charge in [0.05, 0.1) is 72.4 Å². The highest BCUT2D eigenvalue weighted by Gasteiger charge is 2.16. The standard InChI is InChI=1S/C48H36N6O10/c55-45(56)33-9-1-29(2-10-33)37-17-19-41(31-5-13-35(14-6-31)47(59)60)43(23-37)53-25-39(49-51-53)27-63-21-22-64-28-40-26-54(52-50-40)44-24-38(30-3-11-34(12-4-30)46(57)58)18-20-42(44)32-7-15-36(16-8-32)48(61)62/h1-20,23-26H,21-22,27-28H2,(H,55,56)(H,57,58)(H,59,60)(H,61,62). The van der Waals surface area contributed by atoms with Crippen molar-refractivity contribution in [2.75, 3.05) is 13.2 Å². The van der Waals surface area contributed by atoms with E-state index in [1.807, 2.05) is 36.4 Å². The third-order valence-electron chi connectivity index (χ3n) is 10.3. The van der Waals surface area contributed by atoms with E-state index < -0.39 is 23.9 Å². The molecule has 0 bridgehead atoms. The first kappa shape index (κ1) is 42.1.